The van der Waals surface area contributed by atoms with Gasteiger partial charge in [0.05, 0.1) is 23.2 Å². The quantitative estimate of drug-likeness (QED) is 0.840. The molecule has 0 aromatic carbocycles. The lowest BCUT2D eigenvalue weighted by Gasteiger charge is -2.40. The van der Waals surface area contributed by atoms with Gasteiger partial charge in [-0.3, -0.25) is 9.69 Å². The Kier molecular flexibility index (Phi) is 4.62. The molecular weight excluding hydrogens is 322 g/mol. The minimum atomic E-state index is 0.118. The molecule has 1 aromatic rings. The highest BCUT2D eigenvalue weighted by molar-refractivity contribution is 7.09. The topological polar surface area (TPSA) is 45.7 Å². The fourth-order valence-corrected chi connectivity index (χ4v) is 5.07. The first-order chi connectivity index (χ1) is 11.6. The SMILES string of the molecule is Cc1nc(CN2CCC3(CCN(C(=O)C4CCOC4)CC3)C2)cs1. The van der Waals surface area contributed by atoms with Crippen molar-refractivity contribution in [3.63, 3.8) is 0 Å². The number of aromatic nitrogens is 1. The standard InChI is InChI=1S/C18H27N3O2S/c1-14-19-16(12-24-14)10-20-6-3-18(13-20)4-7-21(8-5-18)17(22)15-2-9-23-11-15/h12,15H,2-11,13H2,1H3. The molecule has 3 aliphatic rings. The fraction of sp³-hybridized carbons (Fsp3) is 0.778. The van der Waals surface area contributed by atoms with Gasteiger partial charge >= 0.3 is 0 Å². The van der Waals surface area contributed by atoms with E-state index >= 15 is 0 Å². The van der Waals surface area contributed by atoms with Crippen molar-refractivity contribution < 1.29 is 9.53 Å². The van der Waals surface area contributed by atoms with Crippen LogP contribution in [-0.4, -0.2) is 60.1 Å². The van der Waals surface area contributed by atoms with E-state index in [9.17, 15) is 4.79 Å². The Labute approximate surface area is 148 Å². The lowest BCUT2D eigenvalue weighted by molar-refractivity contribution is -0.137. The number of ether oxygens (including phenoxy) is 1. The number of carbonyl (C=O) groups excluding carboxylic acids is 1. The van der Waals surface area contributed by atoms with Crippen molar-refractivity contribution in [2.45, 2.75) is 39.2 Å². The number of hydrogen-bond donors (Lipinski definition) is 0. The van der Waals surface area contributed by atoms with E-state index < -0.39 is 0 Å². The summed E-state index contributed by atoms with van der Waals surface area (Å²) < 4.78 is 5.38. The first-order valence-corrected chi connectivity index (χ1v) is 10.0. The Hall–Kier alpha value is -0.980. The number of rotatable bonds is 3. The van der Waals surface area contributed by atoms with E-state index in [-0.39, 0.29) is 5.92 Å². The second-order valence-corrected chi connectivity index (χ2v) is 8.77. The maximum atomic E-state index is 12.5. The molecule has 0 radical (unpaired) electrons. The van der Waals surface area contributed by atoms with Crippen LogP contribution in [-0.2, 0) is 16.1 Å². The van der Waals surface area contributed by atoms with Crippen molar-refractivity contribution >= 4 is 17.2 Å². The van der Waals surface area contributed by atoms with E-state index in [1.54, 1.807) is 11.3 Å². The van der Waals surface area contributed by atoms with Crippen molar-refractivity contribution in [2.24, 2.45) is 11.3 Å². The first kappa shape index (κ1) is 16.5. The summed E-state index contributed by atoms with van der Waals surface area (Å²) in [4.78, 5) is 21.8. The fourth-order valence-electron chi connectivity index (χ4n) is 4.47. The number of amides is 1. The van der Waals surface area contributed by atoms with Crippen LogP contribution in [0.4, 0.5) is 0 Å². The number of piperidine rings is 1. The zero-order valence-corrected chi connectivity index (χ0v) is 15.3. The Morgan fingerprint density at radius 1 is 1.38 bits per heavy atom. The molecule has 5 nitrogen and oxygen atoms in total. The predicted octanol–water partition coefficient (Wildman–Crippen LogP) is 2.30. The maximum Gasteiger partial charge on any atom is 0.228 e. The molecule has 1 atom stereocenters. The van der Waals surface area contributed by atoms with Gasteiger partial charge in [-0.1, -0.05) is 0 Å². The van der Waals surface area contributed by atoms with Crippen LogP contribution in [0.25, 0.3) is 0 Å². The van der Waals surface area contributed by atoms with Gasteiger partial charge in [0.15, 0.2) is 0 Å². The summed E-state index contributed by atoms with van der Waals surface area (Å²) >= 11 is 1.74. The van der Waals surface area contributed by atoms with Gasteiger partial charge in [0.1, 0.15) is 0 Å². The van der Waals surface area contributed by atoms with Crippen LogP contribution in [0.15, 0.2) is 5.38 Å². The smallest absolute Gasteiger partial charge is 0.228 e. The van der Waals surface area contributed by atoms with Gasteiger partial charge in [0.25, 0.3) is 0 Å². The minimum absolute atomic E-state index is 0.118. The number of carbonyl (C=O) groups is 1. The van der Waals surface area contributed by atoms with E-state index in [2.05, 4.69) is 27.1 Å². The average Bonchev–Trinajstić information content (AvgIpc) is 3.31. The highest BCUT2D eigenvalue weighted by Crippen LogP contribution is 2.41. The summed E-state index contributed by atoms with van der Waals surface area (Å²) in [5.74, 6) is 0.446. The monoisotopic (exact) mass is 349 g/mol. The number of thiazole rings is 1. The number of aryl methyl sites for hydroxylation is 1. The highest BCUT2D eigenvalue weighted by Gasteiger charge is 2.42. The molecule has 0 N–H and O–H groups in total. The summed E-state index contributed by atoms with van der Waals surface area (Å²) in [7, 11) is 0. The maximum absolute atomic E-state index is 12.5. The molecule has 1 amide bonds. The van der Waals surface area contributed by atoms with Crippen molar-refractivity contribution in [3.8, 4) is 0 Å². The van der Waals surface area contributed by atoms with Gasteiger partial charge in [-0.25, -0.2) is 4.98 Å². The molecule has 24 heavy (non-hydrogen) atoms. The summed E-state index contributed by atoms with van der Waals surface area (Å²) in [6, 6.07) is 0. The zero-order chi connectivity index (χ0) is 16.6. The number of hydrogen-bond acceptors (Lipinski definition) is 5. The van der Waals surface area contributed by atoms with Crippen LogP contribution >= 0.6 is 11.3 Å². The summed E-state index contributed by atoms with van der Waals surface area (Å²) in [6.07, 6.45) is 4.48. The van der Waals surface area contributed by atoms with Crippen LogP contribution in [0.3, 0.4) is 0 Å². The van der Waals surface area contributed by atoms with Gasteiger partial charge in [0, 0.05) is 38.2 Å². The zero-order valence-electron chi connectivity index (χ0n) is 14.5. The van der Waals surface area contributed by atoms with Crippen molar-refractivity contribution in [1.29, 1.82) is 0 Å². The molecule has 132 valence electrons. The lowest BCUT2D eigenvalue weighted by atomic mass is 9.77. The van der Waals surface area contributed by atoms with Crippen LogP contribution in [0.1, 0.15) is 36.4 Å². The third-order valence-electron chi connectivity index (χ3n) is 5.98. The van der Waals surface area contributed by atoms with Crippen molar-refractivity contribution in [3.05, 3.63) is 16.1 Å². The Bertz CT molecular complexity index is 589. The second kappa shape index (κ2) is 6.73. The van der Waals surface area contributed by atoms with Gasteiger partial charge in [-0.2, -0.15) is 0 Å². The molecule has 1 unspecified atom stereocenters. The second-order valence-electron chi connectivity index (χ2n) is 7.70. The van der Waals surface area contributed by atoms with Crippen LogP contribution in [0.5, 0.6) is 0 Å². The summed E-state index contributed by atoms with van der Waals surface area (Å²) in [6.45, 7) is 8.62. The van der Waals surface area contributed by atoms with Gasteiger partial charge in [0.2, 0.25) is 5.91 Å². The van der Waals surface area contributed by atoms with Crippen molar-refractivity contribution in [1.82, 2.24) is 14.8 Å². The summed E-state index contributed by atoms with van der Waals surface area (Å²) in [5, 5.41) is 3.34. The molecule has 1 spiro atoms. The van der Waals surface area contributed by atoms with E-state index in [1.807, 2.05) is 0 Å². The molecule has 0 saturated carbocycles. The largest absolute Gasteiger partial charge is 0.381 e. The minimum Gasteiger partial charge on any atom is -0.381 e. The third-order valence-corrected chi connectivity index (χ3v) is 6.81. The van der Waals surface area contributed by atoms with E-state index in [0.717, 1.165) is 57.1 Å². The summed E-state index contributed by atoms with van der Waals surface area (Å²) in [5.41, 5.74) is 1.64. The first-order valence-electron chi connectivity index (χ1n) is 9.13. The predicted molar refractivity (Wildman–Crippen MR) is 93.9 cm³/mol. The van der Waals surface area contributed by atoms with E-state index in [0.29, 0.717) is 17.9 Å². The molecule has 3 saturated heterocycles. The Balaban J connectivity index is 1.29. The molecular formula is C18H27N3O2S. The van der Waals surface area contributed by atoms with Crippen LogP contribution in [0, 0.1) is 18.3 Å². The third kappa shape index (κ3) is 3.37. The molecule has 6 heteroatoms. The Morgan fingerprint density at radius 3 is 2.83 bits per heavy atom. The van der Waals surface area contributed by atoms with Gasteiger partial charge in [-0.15, -0.1) is 11.3 Å². The Morgan fingerprint density at radius 2 is 2.17 bits per heavy atom. The highest BCUT2D eigenvalue weighted by atomic mass is 32.1. The lowest BCUT2D eigenvalue weighted by Crippen LogP contribution is -2.46. The van der Waals surface area contributed by atoms with Gasteiger partial charge in [-0.05, 0) is 44.6 Å². The molecule has 0 bridgehead atoms. The molecule has 1 aromatic heterocycles. The molecule has 3 fully saturated rings. The van der Waals surface area contributed by atoms with Gasteiger partial charge < -0.3 is 9.64 Å². The molecule has 4 rings (SSSR count). The molecule has 0 aliphatic carbocycles. The average molecular weight is 350 g/mol. The number of likely N-dealkylation sites (tertiary alicyclic amines) is 2. The molecule has 4 heterocycles. The van der Waals surface area contributed by atoms with Crippen LogP contribution < -0.4 is 0 Å². The van der Waals surface area contributed by atoms with E-state index in [4.69, 9.17) is 4.74 Å². The molecule has 3 aliphatic heterocycles. The van der Waals surface area contributed by atoms with Crippen molar-refractivity contribution in [2.75, 3.05) is 39.4 Å². The normalized spacial score (nSPS) is 27.2. The van der Waals surface area contributed by atoms with E-state index in [1.165, 1.54) is 18.7 Å². The van der Waals surface area contributed by atoms with Crippen LogP contribution in [0.2, 0.25) is 0 Å². The number of nitrogens with zero attached hydrogens (tertiary/aromatic N) is 3.